The van der Waals surface area contributed by atoms with Gasteiger partial charge in [-0.25, -0.2) is 9.67 Å². The molecule has 0 spiro atoms. The van der Waals surface area contributed by atoms with Crippen LogP contribution in [0, 0.1) is 19.3 Å². The number of allylic oxidation sites excluding steroid dienone is 2. The number of aromatic amines is 1. The lowest BCUT2D eigenvalue weighted by molar-refractivity contribution is 0.601. The quantitative estimate of drug-likeness (QED) is 0.745. The van der Waals surface area contributed by atoms with Gasteiger partial charge < -0.3 is 16.1 Å². The predicted molar refractivity (Wildman–Crippen MR) is 90.2 cm³/mol. The first-order valence-corrected chi connectivity index (χ1v) is 7.63. The molecule has 2 aliphatic rings. The molecule has 0 aromatic carbocycles. The molecule has 0 fully saturated rings. The molecule has 1 aliphatic heterocycles. The Morgan fingerprint density at radius 2 is 2.00 bits per heavy atom. The summed E-state index contributed by atoms with van der Waals surface area (Å²) >= 11 is 0. The minimum atomic E-state index is -0.150. The lowest BCUT2D eigenvalue weighted by Gasteiger charge is -2.10. The first kappa shape index (κ1) is 13.8. The van der Waals surface area contributed by atoms with Crippen LogP contribution >= 0.6 is 0 Å². The van der Waals surface area contributed by atoms with E-state index in [1.807, 2.05) is 13.8 Å². The van der Waals surface area contributed by atoms with E-state index in [9.17, 15) is 4.79 Å². The van der Waals surface area contributed by atoms with E-state index in [0.717, 1.165) is 35.5 Å². The van der Waals surface area contributed by atoms with Crippen molar-refractivity contribution in [1.29, 1.82) is 5.41 Å². The van der Waals surface area contributed by atoms with Gasteiger partial charge in [0.15, 0.2) is 11.5 Å². The number of nitrogens with zero attached hydrogens (tertiary/aromatic N) is 3. The van der Waals surface area contributed by atoms with E-state index in [4.69, 9.17) is 11.1 Å². The Kier molecular flexibility index (Phi) is 2.75. The monoisotopic (exact) mass is 310 g/mol. The first-order valence-electron chi connectivity index (χ1n) is 7.63. The molecule has 3 heterocycles. The van der Waals surface area contributed by atoms with Crippen LogP contribution in [0.15, 0.2) is 21.9 Å². The van der Waals surface area contributed by atoms with Crippen LogP contribution in [0.1, 0.15) is 28.9 Å². The number of rotatable bonds is 1. The lowest BCUT2D eigenvalue weighted by Crippen LogP contribution is -2.17. The van der Waals surface area contributed by atoms with E-state index in [1.54, 1.807) is 21.5 Å². The van der Waals surface area contributed by atoms with Crippen LogP contribution in [0.3, 0.4) is 0 Å². The third-order valence-corrected chi connectivity index (χ3v) is 4.65. The van der Waals surface area contributed by atoms with Gasteiger partial charge in [0.1, 0.15) is 0 Å². The maximum atomic E-state index is 12.5. The van der Waals surface area contributed by atoms with Crippen molar-refractivity contribution in [3.8, 4) is 0 Å². The molecular weight excluding hydrogens is 292 g/mol. The van der Waals surface area contributed by atoms with Crippen molar-refractivity contribution in [2.45, 2.75) is 33.4 Å². The Morgan fingerprint density at radius 1 is 1.26 bits per heavy atom. The molecule has 0 atom stereocenters. The molecule has 4 N–H and O–H groups in total. The number of aromatic nitrogens is 3. The Hall–Kier alpha value is -2.83. The van der Waals surface area contributed by atoms with Crippen LogP contribution in [0.25, 0.3) is 0 Å². The largest absolute Gasteiger partial charge is 0.382 e. The molecule has 4 rings (SSSR count). The van der Waals surface area contributed by atoms with Crippen molar-refractivity contribution < 1.29 is 0 Å². The number of aliphatic imine (C=N–C) groups is 1. The van der Waals surface area contributed by atoms with Crippen LogP contribution < -0.4 is 11.3 Å². The fourth-order valence-electron chi connectivity index (χ4n) is 3.32. The van der Waals surface area contributed by atoms with Gasteiger partial charge in [0.2, 0.25) is 0 Å². The van der Waals surface area contributed by atoms with Crippen LogP contribution in [0.5, 0.6) is 0 Å². The summed E-state index contributed by atoms with van der Waals surface area (Å²) in [5, 5.41) is 8.10. The Balaban J connectivity index is 1.92. The summed E-state index contributed by atoms with van der Waals surface area (Å²) in [7, 11) is 0. The molecule has 0 bridgehead atoms. The van der Waals surface area contributed by atoms with E-state index in [1.165, 1.54) is 0 Å². The van der Waals surface area contributed by atoms with Gasteiger partial charge in [0, 0.05) is 24.3 Å². The predicted octanol–water partition coefficient (Wildman–Crippen LogP) is 1.64. The maximum Gasteiger partial charge on any atom is 0.294 e. The summed E-state index contributed by atoms with van der Waals surface area (Å²) in [6.07, 6.45) is 4.39. The molecule has 118 valence electrons. The van der Waals surface area contributed by atoms with Crippen LogP contribution in [0.4, 0.5) is 11.5 Å². The number of hydrogen-bond acceptors (Lipinski definition) is 4. The van der Waals surface area contributed by atoms with Crippen LogP contribution in [-0.4, -0.2) is 25.8 Å². The Bertz CT molecular complexity index is 966. The van der Waals surface area contributed by atoms with Crippen molar-refractivity contribution in [2.75, 3.05) is 5.73 Å². The van der Waals surface area contributed by atoms with Gasteiger partial charge >= 0.3 is 0 Å². The zero-order valence-electron chi connectivity index (χ0n) is 13.1. The molecule has 0 radical (unpaired) electrons. The topological polar surface area (TPSA) is 105 Å². The van der Waals surface area contributed by atoms with Gasteiger partial charge in [-0.15, -0.1) is 0 Å². The van der Waals surface area contributed by atoms with E-state index >= 15 is 0 Å². The second-order valence-corrected chi connectivity index (χ2v) is 6.01. The molecule has 0 saturated carbocycles. The van der Waals surface area contributed by atoms with Crippen molar-refractivity contribution in [3.63, 3.8) is 0 Å². The summed E-state index contributed by atoms with van der Waals surface area (Å²) in [6, 6.07) is 0. The van der Waals surface area contributed by atoms with Crippen LogP contribution in [0.2, 0.25) is 0 Å². The summed E-state index contributed by atoms with van der Waals surface area (Å²) < 4.78 is 3.44. The number of hydrogen-bond donors (Lipinski definition) is 3. The molecule has 0 saturated heterocycles. The highest BCUT2D eigenvalue weighted by Gasteiger charge is 2.25. The molecule has 2 aromatic rings. The third-order valence-electron chi connectivity index (χ3n) is 4.65. The fourth-order valence-corrected chi connectivity index (χ4v) is 3.32. The number of nitrogens with two attached hydrogens (primary N) is 1. The Labute approximate surface area is 132 Å². The van der Waals surface area contributed by atoms with E-state index in [2.05, 4.69) is 9.98 Å². The first-order chi connectivity index (χ1) is 11.0. The Morgan fingerprint density at radius 3 is 2.74 bits per heavy atom. The van der Waals surface area contributed by atoms with Gasteiger partial charge in [0.25, 0.3) is 5.56 Å². The van der Waals surface area contributed by atoms with Gasteiger partial charge in [-0.3, -0.25) is 9.48 Å². The molecular formula is C16H18N6O. The zero-order chi connectivity index (χ0) is 16.3. The van der Waals surface area contributed by atoms with Gasteiger partial charge in [-0.2, -0.15) is 0 Å². The summed E-state index contributed by atoms with van der Waals surface area (Å²) in [6.45, 7) is 5.37. The second-order valence-electron chi connectivity index (χ2n) is 6.01. The van der Waals surface area contributed by atoms with Gasteiger partial charge in [0.05, 0.1) is 17.1 Å². The zero-order valence-corrected chi connectivity index (χ0v) is 13.1. The average Bonchev–Trinajstić information content (AvgIpc) is 3.17. The highest BCUT2D eigenvalue weighted by Crippen LogP contribution is 2.27. The lowest BCUT2D eigenvalue weighted by atomic mass is 9.97. The molecule has 0 unspecified atom stereocenters. The minimum absolute atomic E-state index is 0.150. The smallest absolute Gasteiger partial charge is 0.294 e. The van der Waals surface area contributed by atoms with E-state index in [-0.39, 0.29) is 11.2 Å². The number of aryl methyl sites for hydroxylation is 1. The van der Waals surface area contributed by atoms with Crippen molar-refractivity contribution in [1.82, 2.24) is 14.3 Å². The number of nitrogen functional groups attached to an aromatic ring is 1. The molecule has 0 amide bonds. The summed E-state index contributed by atoms with van der Waals surface area (Å²) in [5.74, 6) is 0.413. The highest BCUT2D eigenvalue weighted by molar-refractivity contribution is 6.25. The molecule has 7 nitrogen and oxygen atoms in total. The minimum Gasteiger partial charge on any atom is -0.382 e. The standard InChI is InChI=1S/C16H18N6O/c1-8-9(2)19-13-11(5-4-10(17)12(8)13)20-14-15(18)21-6-3-7-22(21)16(14)23/h4-5,17,19H,3,6-7,18H2,1-2H3. The van der Waals surface area contributed by atoms with Crippen molar-refractivity contribution in [2.24, 2.45) is 4.99 Å². The third kappa shape index (κ3) is 1.79. The molecule has 23 heavy (non-hydrogen) atoms. The van der Waals surface area contributed by atoms with Gasteiger partial charge in [-0.1, -0.05) is 0 Å². The fraction of sp³-hybridized carbons (Fsp3) is 0.312. The van der Waals surface area contributed by atoms with E-state index < -0.39 is 0 Å². The SMILES string of the molecule is Cc1[nH]c2c(c1C)C(=N)C=CC2=Nc1c(N)n2n(c1=O)CCC2. The maximum absolute atomic E-state index is 12.5. The van der Waals surface area contributed by atoms with Crippen molar-refractivity contribution >= 4 is 22.9 Å². The highest BCUT2D eigenvalue weighted by atomic mass is 16.1. The van der Waals surface area contributed by atoms with Gasteiger partial charge in [-0.05, 0) is 38.0 Å². The number of anilines is 1. The van der Waals surface area contributed by atoms with Crippen molar-refractivity contribution in [3.05, 3.63) is 45.0 Å². The molecule has 7 heteroatoms. The van der Waals surface area contributed by atoms with Crippen LogP contribution in [-0.2, 0) is 13.1 Å². The summed E-state index contributed by atoms with van der Waals surface area (Å²) in [4.78, 5) is 20.3. The summed E-state index contributed by atoms with van der Waals surface area (Å²) in [5.41, 5.74) is 11.0. The normalized spacial score (nSPS) is 17.8. The average molecular weight is 310 g/mol. The number of nitrogens with one attached hydrogen (secondary N) is 2. The number of fused-ring (bicyclic) bond motifs is 2. The number of H-pyrrole nitrogens is 1. The molecule has 2 aromatic heterocycles. The second kappa shape index (κ2) is 4.58. The van der Waals surface area contributed by atoms with E-state index in [0.29, 0.717) is 23.8 Å². The molecule has 1 aliphatic carbocycles.